The number of aliphatic hydroxyl groups excluding tert-OH is 1. The van der Waals surface area contributed by atoms with Crippen LogP contribution in [-0.4, -0.2) is 31.7 Å². The van der Waals surface area contributed by atoms with E-state index < -0.39 is 0 Å². The van der Waals surface area contributed by atoms with Gasteiger partial charge in [0.15, 0.2) is 5.79 Å². The number of ether oxygens (including phenoxy) is 2. The van der Waals surface area contributed by atoms with Crippen molar-refractivity contribution in [1.29, 1.82) is 0 Å². The molecular weight excluding hydrogens is 144 g/mol. The van der Waals surface area contributed by atoms with Gasteiger partial charge in [-0.25, -0.2) is 0 Å². The van der Waals surface area contributed by atoms with Crippen molar-refractivity contribution in [2.45, 2.75) is 25.0 Å². The molecule has 1 fully saturated rings. The van der Waals surface area contributed by atoms with E-state index in [0.717, 1.165) is 19.3 Å². The van der Waals surface area contributed by atoms with Gasteiger partial charge in [0.2, 0.25) is 0 Å². The topological polar surface area (TPSA) is 38.7 Å². The molecule has 0 aliphatic heterocycles. The fourth-order valence-corrected chi connectivity index (χ4v) is 1.62. The van der Waals surface area contributed by atoms with Crippen molar-refractivity contribution in [3.05, 3.63) is 0 Å². The normalized spacial score (nSPS) is 23.2. The second kappa shape index (κ2) is 3.52. The first kappa shape index (κ1) is 8.97. The summed E-state index contributed by atoms with van der Waals surface area (Å²) in [6, 6.07) is 0. The molecule has 0 saturated heterocycles. The van der Waals surface area contributed by atoms with Gasteiger partial charge in [0, 0.05) is 33.7 Å². The molecule has 66 valence electrons. The van der Waals surface area contributed by atoms with Gasteiger partial charge in [-0.05, 0) is 12.3 Å². The molecule has 3 heteroatoms. The molecule has 0 aromatic carbocycles. The Labute approximate surface area is 67.3 Å². The van der Waals surface area contributed by atoms with E-state index in [-0.39, 0.29) is 12.4 Å². The van der Waals surface area contributed by atoms with E-state index in [1.165, 1.54) is 0 Å². The lowest BCUT2D eigenvalue weighted by Gasteiger charge is -2.45. The summed E-state index contributed by atoms with van der Waals surface area (Å²) >= 11 is 0. The number of hydrogen-bond acceptors (Lipinski definition) is 3. The van der Waals surface area contributed by atoms with Crippen LogP contribution in [0.4, 0.5) is 0 Å². The van der Waals surface area contributed by atoms with Crippen LogP contribution >= 0.6 is 0 Å². The largest absolute Gasteiger partial charge is 0.396 e. The van der Waals surface area contributed by atoms with Crippen molar-refractivity contribution in [2.75, 3.05) is 20.8 Å². The van der Waals surface area contributed by atoms with Crippen LogP contribution in [0.15, 0.2) is 0 Å². The highest BCUT2D eigenvalue weighted by molar-refractivity contribution is 4.87. The minimum absolute atomic E-state index is 0.272. The summed E-state index contributed by atoms with van der Waals surface area (Å²) in [6.45, 7) is 0.272. The number of methoxy groups -OCH3 is 2. The van der Waals surface area contributed by atoms with Gasteiger partial charge in [0.05, 0.1) is 0 Å². The molecule has 3 nitrogen and oxygen atoms in total. The van der Waals surface area contributed by atoms with Gasteiger partial charge in [-0.3, -0.25) is 0 Å². The van der Waals surface area contributed by atoms with Gasteiger partial charge in [0.1, 0.15) is 0 Å². The third kappa shape index (κ3) is 1.72. The van der Waals surface area contributed by atoms with Crippen LogP contribution < -0.4 is 0 Å². The summed E-state index contributed by atoms with van der Waals surface area (Å²) in [5.41, 5.74) is 0. The number of aliphatic hydroxyl groups is 1. The van der Waals surface area contributed by atoms with Crippen LogP contribution in [0.25, 0.3) is 0 Å². The van der Waals surface area contributed by atoms with Gasteiger partial charge in [0.25, 0.3) is 0 Å². The first-order valence-electron chi connectivity index (χ1n) is 3.97. The van der Waals surface area contributed by atoms with E-state index in [1.807, 2.05) is 0 Å². The molecule has 0 heterocycles. The summed E-state index contributed by atoms with van der Waals surface area (Å²) in [4.78, 5) is 0. The van der Waals surface area contributed by atoms with E-state index in [0.29, 0.717) is 5.92 Å². The quantitative estimate of drug-likeness (QED) is 0.617. The molecule has 0 aromatic rings. The maximum Gasteiger partial charge on any atom is 0.168 e. The molecular formula is C8H16O3. The smallest absolute Gasteiger partial charge is 0.168 e. The van der Waals surface area contributed by atoms with Gasteiger partial charge in [-0.1, -0.05) is 0 Å². The molecule has 0 spiro atoms. The maximum atomic E-state index is 8.64. The average Bonchev–Trinajstić information content (AvgIpc) is 1.96. The Bertz CT molecular complexity index is 113. The molecule has 0 amide bonds. The molecule has 0 radical (unpaired) electrons. The highest BCUT2D eigenvalue weighted by atomic mass is 16.7. The maximum absolute atomic E-state index is 8.64. The van der Waals surface area contributed by atoms with Gasteiger partial charge >= 0.3 is 0 Å². The van der Waals surface area contributed by atoms with Gasteiger partial charge in [-0.2, -0.15) is 0 Å². The Morgan fingerprint density at radius 3 is 2.27 bits per heavy atom. The third-order valence-corrected chi connectivity index (χ3v) is 2.48. The lowest BCUT2D eigenvalue weighted by molar-refractivity contribution is -0.271. The van der Waals surface area contributed by atoms with Crippen molar-refractivity contribution in [3.63, 3.8) is 0 Å². The van der Waals surface area contributed by atoms with Crippen LogP contribution in [0.1, 0.15) is 19.3 Å². The minimum atomic E-state index is -0.333. The van der Waals surface area contributed by atoms with Crippen molar-refractivity contribution >= 4 is 0 Å². The Hall–Kier alpha value is -0.120. The SMILES string of the molecule is COC1(OC)CC(CCO)C1. The summed E-state index contributed by atoms with van der Waals surface area (Å²) in [6.07, 6.45) is 2.70. The average molecular weight is 160 g/mol. The summed E-state index contributed by atoms with van der Waals surface area (Å²) in [5.74, 6) is 0.250. The Kier molecular flexibility index (Phi) is 2.87. The van der Waals surface area contributed by atoms with E-state index in [2.05, 4.69) is 0 Å². The fourth-order valence-electron chi connectivity index (χ4n) is 1.62. The second-order valence-electron chi connectivity index (χ2n) is 3.11. The van der Waals surface area contributed by atoms with Crippen molar-refractivity contribution in [1.82, 2.24) is 0 Å². The minimum Gasteiger partial charge on any atom is -0.396 e. The standard InChI is InChI=1S/C8H16O3/c1-10-8(11-2)5-7(6-8)3-4-9/h7,9H,3-6H2,1-2H3. The molecule has 1 saturated carbocycles. The summed E-state index contributed by atoms with van der Waals surface area (Å²) < 4.78 is 10.4. The zero-order valence-corrected chi connectivity index (χ0v) is 7.17. The molecule has 0 aromatic heterocycles. The summed E-state index contributed by atoms with van der Waals surface area (Å²) in [5, 5.41) is 8.64. The van der Waals surface area contributed by atoms with Crippen LogP contribution in [-0.2, 0) is 9.47 Å². The van der Waals surface area contributed by atoms with Gasteiger partial charge < -0.3 is 14.6 Å². The van der Waals surface area contributed by atoms with Crippen LogP contribution in [0, 0.1) is 5.92 Å². The lowest BCUT2D eigenvalue weighted by Crippen LogP contribution is -2.47. The fraction of sp³-hybridized carbons (Fsp3) is 1.00. The third-order valence-electron chi connectivity index (χ3n) is 2.48. The number of rotatable bonds is 4. The van der Waals surface area contributed by atoms with Crippen LogP contribution in [0.2, 0.25) is 0 Å². The van der Waals surface area contributed by atoms with E-state index in [1.54, 1.807) is 14.2 Å². The highest BCUT2D eigenvalue weighted by Gasteiger charge is 2.44. The van der Waals surface area contributed by atoms with Gasteiger partial charge in [-0.15, -0.1) is 0 Å². The molecule has 1 N–H and O–H groups in total. The Morgan fingerprint density at radius 2 is 1.91 bits per heavy atom. The van der Waals surface area contributed by atoms with Crippen LogP contribution in [0.5, 0.6) is 0 Å². The molecule has 11 heavy (non-hydrogen) atoms. The molecule has 0 atom stereocenters. The molecule has 1 aliphatic carbocycles. The van der Waals surface area contributed by atoms with Crippen molar-refractivity contribution in [2.24, 2.45) is 5.92 Å². The van der Waals surface area contributed by atoms with Crippen molar-refractivity contribution in [3.8, 4) is 0 Å². The Balaban J connectivity index is 2.24. The monoisotopic (exact) mass is 160 g/mol. The lowest BCUT2D eigenvalue weighted by atomic mass is 9.77. The van der Waals surface area contributed by atoms with E-state index in [4.69, 9.17) is 14.6 Å². The van der Waals surface area contributed by atoms with E-state index in [9.17, 15) is 0 Å². The van der Waals surface area contributed by atoms with Crippen molar-refractivity contribution < 1.29 is 14.6 Å². The molecule has 1 aliphatic rings. The molecule has 0 unspecified atom stereocenters. The Morgan fingerprint density at radius 1 is 1.36 bits per heavy atom. The predicted molar refractivity (Wildman–Crippen MR) is 41.2 cm³/mol. The predicted octanol–water partition coefficient (Wildman–Crippen LogP) is 0.768. The second-order valence-corrected chi connectivity index (χ2v) is 3.11. The highest BCUT2D eigenvalue weighted by Crippen LogP contribution is 2.42. The van der Waals surface area contributed by atoms with E-state index >= 15 is 0 Å². The molecule has 1 rings (SSSR count). The first-order valence-corrected chi connectivity index (χ1v) is 3.97. The first-order chi connectivity index (χ1) is 5.26. The zero-order valence-electron chi connectivity index (χ0n) is 7.17. The summed E-state index contributed by atoms with van der Waals surface area (Å²) in [7, 11) is 3.33. The molecule has 0 bridgehead atoms. The zero-order chi connectivity index (χ0) is 8.32. The van der Waals surface area contributed by atoms with Crippen LogP contribution in [0.3, 0.4) is 0 Å². The number of hydrogen-bond donors (Lipinski definition) is 1.